The van der Waals surface area contributed by atoms with Gasteiger partial charge in [0.1, 0.15) is 6.10 Å². The van der Waals surface area contributed by atoms with Gasteiger partial charge in [0, 0.05) is 6.42 Å². The summed E-state index contributed by atoms with van der Waals surface area (Å²) in [7, 11) is 0. The van der Waals surface area contributed by atoms with Crippen LogP contribution in [0.2, 0.25) is 0 Å². The molecule has 0 saturated carbocycles. The molecule has 0 aliphatic heterocycles. The lowest BCUT2D eigenvalue weighted by molar-refractivity contribution is -0.128. The van der Waals surface area contributed by atoms with Gasteiger partial charge in [-0.05, 0) is 17.5 Å². The van der Waals surface area contributed by atoms with Crippen molar-refractivity contribution >= 4 is 5.78 Å². The number of aliphatic hydroxyl groups is 1. The zero-order valence-electron chi connectivity index (χ0n) is 7.81. The van der Waals surface area contributed by atoms with Crippen LogP contribution in [0.1, 0.15) is 11.1 Å². The van der Waals surface area contributed by atoms with Gasteiger partial charge >= 0.3 is 0 Å². The molecule has 0 aromatic heterocycles. The Kier molecular flexibility index (Phi) is 2.35. The van der Waals surface area contributed by atoms with Crippen molar-refractivity contribution in [2.45, 2.75) is 25.0 Å². The van der Waals surface area contributed by atoms with E-state index in [9.17, 15) is 9.90 Å². The van der Waals surface area contributed by atoms with Crippen molar-refractivity contribution in [1.29, 1.82) is 0 Å². The average Bonchev–Trinajstić information content (AvgIpc) is 2.28. The lowest BCUT2D eigenvalue weighted by atomic mass is 10.0. The van der Waals surface area contributed by atoms with Crippen LogP contribution in [0.5, 0.6) is 0 Å². The molecular formula is C11H13NO2. The number of nitrogens with two attached hydrogens (primary N) is 1. The first-order valence-corrected chi connectivity index (χ1v) is 4.72. The first-order valence-electron chi connectivity index (χ1n) is 4.72. The van der Waals surface area contributed by atoms with Crippen LogP contribution in [0.25, 0.3) is 0 Å². The van der Waals surface area contributed by atoms with Crippen molar-refractivity contribution in [2.75, 3.05) is 0 Å². The van der Waals surface area contributed by atoms with Gasteiger partial charge in [0.05, 0.1) is 6.04 Å². The van der Waals surface area contributed by atoms with Gasteiger partial charge in [-0.25, -0.2) is 0 Å². The second-order valence-corrected chi connectivity index (χ2v) is 3.70. The van der Waals surface area contributed by atoms with Crippen molar-refractivity contribution in [3.63, 3.8) is 0 Å². The number of carbonyl (C=O) groups is 1. The maximum Gasteiger partial charge on any atom is 0.178 e. The highest BCUT2D eigenvalue weighted by atomic mass is 16.3. The van der Waals surface area contributed by atoms with Crippen LogP contribution < -0.4 is 5.73 Å². The highest BCUT2D eigenvalue weighted by Gasteiger charge is 2.27. The molecule has 14 heavy (non-hydrogen) atoms. The maximum atomic E-state index is 11.4. The predicted octanol–water partition coefficient (Wildman–Crippen LogP) is 0.0425. The average molecular weight is 191 g/mol. The molecule has 0 radical (unpaired) electrons. The van der Waals surface area contributed by atoms with Crippen molar-refractivity contribution < 1.29 is 9.90 Å². The van der Waals surface area contributed by atoms with Gasteiger partial charge in [-0.15, -0.1) is 0 Å². The SMILES string of the molecule is N[C@H]1Cc2ccccc2C[C@@H](O)C1=O. The molecule has 3 heteroatoms. The molecule has 1 aliphatic carbocycles. The summed E-state index contributed by atoms with van der Waals surface area (Å²) in [6, 6.07) is 7.17. The largest absolute Gasteiger partial charge is 0.385 e. The third kappa shape index (κ3) is 1.56. The van der Waals surface area contributed by atoms with Gasteiger partial charge in [-0.3, -0.25) is 4.79 Å². The summed E-state index contributed by atoms with van der Waals surface area (Å²) in [5, 5.41) is 9.55. The normalized spacial score (nSPS) is 26.9. The minimum Gasteiger partial charge on any atom is -0.385 e. The Bertz CT molecular complexity index is 329. The number of Topliss-reactive ketones (excluding diaryl/α,β-unsaturated/α-hetero) is 1. The van der Waals surface area contributed by atoms with E-state index in [0.29, 0.717) is 12.8 Å². The molecule has 0 heterocycles. The Hall–Kier alpha value is -1.19. The smallest absolute Gasteiger partial charge is 0.178 e. The van der Waals surface area contributed by atoms with E-state index in [4.69, 9.17) is 5.73 Å². The number of aliphatic hydroxyl groups excluding tert-OH is 1. The molecule has 3 nitrogen and oxygen atoms in total. The number of fused-ring (bicyclic) bond motifs is 1. The fraction of sp³-hybridized carbons (Fsp3) is 0.364. The fourth-order valence-corrected chi connectivity index (χ4v) is 1.85. The maximum absolute atomic E-state index is 11.4. The molecule has 1 aromatic carbocycles. The van der Waals surface area contributed by atoms with Crippen LogP contribution in [0, 0.1) is 0 Å². The standard InChI is InChI=1S/C11H13NO2/c12-9-5-7-3-1-2-4-8(7)6-10(13)11(9)14/h1-4,9-10,13H,5-6,12H2/t9-,10+/m0/s1. The summed E-state index contributed by atoms with van der Waals surface area (Å²) in [4.78, 5) is 11.4. The summed E-state index contributed by atoms with van der Waals surface area (Å²) in [6.07, 6.45) is -0.0111. The van der Waals surface area contributed by atoms with E-state index in [0.717, 1.165) is 11.1 Å². The van der Waals surface area contributed by atoms with Crippen LogP contribution in [0.3, 0.4) is 0 Å². The summed E-state index contributed by atoms with van der Waals surface area (Å²) in [6.45, 7) is 0. The van der Waals surface area contributed by atoms with E-state index in [2.05, 4.69) is 0 Å². The first kappa shape index (κ1) is 9.37. The van der Waals surface area contributed by atoms with Crippen molar-refractivity contribution in [2.24, 2.45) is 5.73 Å². The minimum atomic E-state index is -0.936. The van der Waals surface area contributed by atoms with E-state index in [1.165, 1.54) is 0 Å². The predicted molar refractivity (Wildman–Crippen MR) is 52.8 cm³/mol. The minimum absolute atomic E-state index is 0.249. The number of hydrogen-bond donors (Lipinski definition) is 2. The second-order valence-electron chi connectivity index (χ2n) is 3.70. The van der Waals surface area contributed by atoms with Crippen LogP contribution in [0.4, 0.5) is 0 Å². The molecule has 0 fully saturated rings. The van der Waals surface area contributed by atoms with Gasteiger partial charge in [-0.1, -0.05) is 24.3 Å². The number of hydrogen-bond acceptors (Lipinski definition) is 3. The van der Waals surface area contributed by atoms with Gasteiger partial charge in [0.25, 0.3) is 0 Å². The van der Waals surface area contributed by atoms with Gasteiger partial charge in [-0.2, -0.15) is 0 Å². The van der Waals surface area contributed by atoms with Gasteiger partial charge < -0.3 is 10.8 Å². The number of ketones is 1. The first-order chi connectivity index (χ1) is 6.68. The number of rotatable bonds is 0. The topological polar surface area (TPSA) is 63.3 Å². The molecule has 1 aliphatic rings. The summed E-state index contributed by atoms with van der Waals surface area (Å²) < 4.78 is 0. The van der Waals surface area contributed by atoms with E-state index in [-0.39, 0.29) is 5.78 Å². The Morgan fingerprint density at radius 3 is 2.43 bits per heavy atom. The number of benzene rings is 1. The Morgan fingerprint density at radius 1 is 1.21 bits per heavy atom. The highest BCUT2D eigenvalue weighted by Crippen LogP contribution is 2.18. The van der Waals surface area contributed by atoms with Gasteiger partial charge in [0.2, 0.25) is 0 Å². The molecule has 2 rings (SSSR count). The zero-order valence-corrected chi connectivity index (χ0v) is 7.81. The van der Waals surface area contributed by atoms with Gasteiger partial charge in [0.15, 0.2) is 5.78 Å². The quantitative estimate of drug-likeness (QED) is 0.569. The molecule has 3 N–H and O–H groups in total. The molecule has 0 saturated heterocycles. The Balaban J connectivity index is 2.39. The summed E-state index contributed by atoms with van der Waals surface area (Å²) in [5.74, 6) is -0.249. The zero-order chi connectivity index (χ0) is 10.1. The van der Waals surface area contributed by atoms with E-state index in [1.54, 1.807) is 0 Å². The van der Waals surface area contributed by atoms with Crippen LogP contribution in [-0.2, 0) is 17.6 Å². The number of carbonyl (C=O) groups excluding carboxylic acids is 1. The highest BCUT2D eigenvalue weighted by molar-refractivity contribution is 5.89. The monoisotopic (exact) mass is 191 g/mol. The molecule has 1 aromatic rings. The lowest BCUT2D eigenvalue weighted by Gasteiger charge is -2.08. The second kappa shape index (κ2) is 3.52. The third-order valence-corrected chi connectivity index (χ3v) is 2.67. The molecule has 0 spiro atoms. The van der Waals surface area contributed by atoms with E-state index in [1.807, 2.05) is 24.3 Å². The van der Waals surface area contributed by atoms with E-state index >= 15 is 0 Å². The van der Waals surface area contributed by atoms with Crippen LogP contribution >= 0.6 is 0 Å². The molecule has 0 unspecified atom stereocenters. The summed E-state index contributed by atoms with van der Waals surface area (Å²) in [5.41, 5.74) is 7.78. The van der Waals surface area contributed by atoms with E-state index < -0.39 is 12.1 Å². The van der Waals surface area contributed by atoms with Crippen molar-refractivity contribution in [3.05, 3.63) is 35.4 Å². The molecule has 2 atom stereocenters. The van der Waals surface area contributed by atoms with Crippen LogP contribution in [0.15, 0.2) is 24.3 Å². The Labute approximate surface area is 82.5 Å². The fourth-order valence-electron chi connectivity index (χ4n) is 1.85. The molecule has 0 amide bonds. The van der Waals surface area contributed by atoms with Crippen LogP contribution in [-0.4, -0.2) is 23.0 Å². The van der Waals surface area contributed by atoms with Crippen molar-refractivity contribution in [1.82, 2.24) is 0 Å². The lowest BCUT2D eigenvalue weighted by Crippen LogP contribution is -2.38. The van der Waals surface area contributed by atoms with Crippen molar-refractivity contribution in [3.8, 4) is 0 Å². The Morgan fingerprint density at radius 2 is 1.79 bits per heavy atom. The molecular weight excluding hydrogens is 178 g/mol. The summed E-state index contributed by atoms with van der Waals surface area (Å²) >= 11 is 0. The molecule has 0 bridgehead atoms. The molecule has 74 valence electrons. The third-order valence-electron chi connectivity index (χ3n) is 2.67.